The van der Waals surface area contributed by atoms with Crippen molar-refractivity contribution in [2.45, 2.75) is 0 Å². The lowest BCUT2D eigenvalue weighted by Crippen LogP contribution is -1.88. The second kappa shape index (κ2) is 5.83. The molecule has 0 aliphatic rings. The highest BCUT2D eigenvalue weighted by Gasteiger charge is 2.06. The van der Waals surface area contributed by atoms with Gasteiger partial charge in [0.05, 0.1) is 17.2 Å². The summed E-state index contributed by atoms with van der Waals surface area (Å²) in [5.41, 5.74) is 0. The van der Waals surface area contributed by atoms with E-state index in [9.17, 15) is 0 Å². The maximum atomic E-state index is 6.07. The molecule has 0 aromatic heterocycles. The van der Waals surface area contributed by atoms with Gasteiger partial charge in [-0.1, -0.05) is 39.1 Å². The first kappa shape index (κ1) is 13.5. The van der Waals surface area contributed by atoms with Crippen LogP contribution in [0.15, 0.2) is 40.9 Å². The fourth-order valence-electron chi connectivity index (χ4n) is 1.40. The van der Waals surface area contributed by atoms with Crippen LogP contribution in [0.1, 0.15) is 0 Å². The molecule has 5 heteroatoms. The van der Waals surface area contributed by atoms with Gasteiger partial charge in [-0.2, -0.15) is 0 Å². The van der Waals surface area contributed by atoms with E-state index >= 15 is 0 Å². The third kappa shape index (κ3) is 3.10. The predicted molar refractivity (Wildman–Crippen MR) is 77.2 cm³/mol. The van der Waals surface area contributed by atoms with E-state index in [1.54, 1.807) is 37.4 Å². The number of ether oxygens (including phenoxy) is 2. The Bertz CT molecular complexity index is 573. The summed E-state index contributed by atoms with van der Waals surface area (Å²) in [6.07, 6.45) is 0. The quantitative estimate of drug-likeness (QED) is 0.723. The maximum Gasteiger partial charge on any atom is 0.146 e. The highest BCUT2D eigenvalue weighted by molar-refractivity contribution is 9.10. The average Bonchev–Trinajstić information content (AvgIpc) is 2.33. The fraction of sp³-hybridized carbons (Fsp3) is 0.0769. The Balaban J connectivity index is 2.26. The molecule has 2 rings (SSSR count). The number of methoxy groups -OCH3 is 1. The zero-order chi connectivity index (χ0) is 13.1. The zero-order valence-corrected chi connectivity index (χ0v) is 12.5. The van der Waals surface area contributed by atoms with Gasteiger partial charge in [0.25, 0.3) is 0 Å². The highest BCUT2D eigenvalue weighted by Crippen LogP contribution is 2.34. The van der Waals surface area contributed by atoms with E-state index in [0.717, 1.165) is 4.47 Å². The molecule has 94 valence electrons. The summed E-state index contributed by atoms with van der Waals surface area (Å²) in [7, 11) is 1.56. The van der Waals surface area contributed by atoms with Gasteiger partial charge in [0.2, 0.25) is 0 Å². The Morgan fingerprint density at radius 1 is 0.944 bits per heavy atom. The summed E-state index contributed by atoms with van der Waals surface area (Å²) in [6, 6.07) is 10.6. The Morgan fingerprint density at radius 2 is 1.61 bits per heavy atom. The van der Waals surface area contributed by atoms with Crippen LogP contribution < -0.4 is 9.47 Å². The van der Waals surface area contributed by atoms with Crippen molar-refractivity contribution in [3.8, 4) is 17.2 Å². The van der Waals surface area contributed by atoms with E-state index in [1.807, 2.05) is 6.07 Å². The second-order valence-electron chi connectivity index (χ2n) is 3.47. The van der Waals surface area contributed by atoms with Crippen LogP contribution in [0, 0.1) is 0 Å². The van der Waals surface area contributed by atoms with Crippen LogP contribution in [-0.4, -0.2) is 7.11 Å². The van der Waals surface area contributed by atoms with E-state index in [0.29, 0.717) is 27.3 Å². The van der Waals surface area contributed by atoms with E-state index in [2.05, 4.69) is 15.9 Å². The minimum absolute atomic E-state index is 0.489. The molecule has 0 spiro atoms. The van der Waals surface area contributed by atoms with Crippen LogP contribution in [-0.2, 0) is 0 Å². The molecular weight excluding hydrogens is 339 g/mol. The van der Waals surface area contributed by atoms with Gasteiger partial charge in [-0.25, -0.2) is 0 Å². The number of halogens is 3. The molecule has 0 heterocycles. The van der Waals surface area contributed by atoms with Crippen molar-refractivity contribution in [3.63, 3.8) is 0 Å². The zero-order valence-electron chi connectivity index (χ0n) is 9.41. The SMILES string of the molecule is COc1ccc(Oc2ccc(Br)cc2Cl)cc1Cl. The lowest BCUT2D eigenvalue weighted by atomic mass is 10.3. The minimum atomic E-state index is 0.489. The molecule has 0 atom stereocenters. The maximum absolute atomic E-state index is 6.07. The summed E-state index contributed by atoms with van der Waals surface area (Å²) >= 11 is 15.4. The Morgan fingerprint density at radius 3 is 2.22 bits per heavy atom. The van der Waals surface area contributed by atoms with Gasteiger partial charge >= 0.3 is 0 Å². The number of rotatable bonds is 3. The molecule has 2 nitrogen and oxygen atoms in total. The van der Waals surface area contributed by atoms with Crippen LogP contribution >= 0.6 is 39.1 Å². The lowest BCUT2D eigenvalue weighted by Gasteiger charge is -2.09. The molecule has 18 heavy (non-hydrogen) atoms. The molecule has 0 radical (unpaired) electrons. The molecule has 0 aliphatic heterocycles. The van der Waals surface area contributed by atoms with Gasteiger partial charge in [-0.15, -0.1) is 0 Å². The van der Waals surface area contributed by atoms with Crippen molar-refractivity contribution in [1.29, 1.82) is 0 Å². The van der Waals surface area contributed by atoms with Crippen molar-refractivity contribution in [3.05, 3.63) is 50.9 Å². The van der Waals surface area contributed by atoms with Crippen LogP contribution in [0.5, 0.6) is 17.2 Å². The van der Waals surface area contributed by atoms with Gasteiger partial charge in [-0.05, 0) is 30.3 Å². The summed E-state index contributed by atoms with van der Waals surface area (Å²) < 4.78 is 11.6. The van der Waals surface area contributed by atoms with Crippen LogP contribution in [0.4, 0.5) is 0 Å². The van der Waals surface area contributed by atoms with Gasteiger partial charge in [0.1, 0.15) is 17.2 Å². The molecule has 0 unspecified atom stereocenters. The molecule has 0 N–H and O–H groups in total. The van der Waals surface area contributed by atoms with Gasteiger partial charge in [-0.3, -0.25) is 0 Å². The number of hydrogen-bond donors (Lipinski definition) is 0. The number of hydrogen-bond acceptors (Lipinski definition) is 2. The fourth-order valence-corrected chi connectivity index (χ4v) is 2.36. The van der Waals surface area contributed by atoms with Gasteiger partial charge in [0, 0.05) is 10.5 Å². The Hall–Kier alpha value is -0.900. The van der Waals surface area contributed by atoms with Crippen molar-refractivity contribution in [2.24, 2.45) is 0 Å². The standard InChI is InChI=1S/C13H9BrCl2O2/c1-17-12-5-3-9(7-11(12)16)18-13-4-2-8(14)6-10(13)15/h2-7H,1H3. The molecule has 0 saturated heterocycles. The summed E-state index contributed by atoms with van der Waals surface area (Å²) in [5, 5.41) is 1.01. The molecule has 0 bridgehead atoms. The normalized spacial score (nSPS) is 10.2. The van der Waals surface area contributed by atoms with Crippen LogP contribution in [0.2, 0.25) is 10.0 Å². The molecule has 2 aromatic rings. The van der Waals surface area contributed by atoms with E-state index in [-0.39, 0.29) is 0 Å². The monoisotopic (exact) mass is 346 g/mol. The lowest BCUT2D eigenvalue weighted by molar-refractivity contribution is 0.413. The predicted octanol–water partition coefficient (Wildman–Crippen LogP) is 5.56. The largest absolute Gasteiger partial charge is 0.495 e. The third-order valence-electron chi connectivity index (χ3n) is 2.24. The molecule has 2 aromatic carbocycles. The first-order chi connectivity index (χ1) is 8.60. The van der Waals surface area contributed by atoms with Crippen molar-refractivity contribution in [1.82, 2.24) is 0 Å². The molecular formula is C13H9BrCl2O2. The van der Waals surface area contributed by atoms with Gasteiger partial charge in [0.15, 0.2) is 0 Å². The van der Waals surface area contributed by atoms with Crippen molar-refractivity contribution >= 4 is 39.1 Å². The van der Waals surface area contributed by atoms with Crippen LogP contribution in [0.3, 0.4) is 0 Å². The average molecular weight is 348 g/mol. The Labute approximate surface area is 124 Å². The topological polar surface area (TPSA) is 18.5 Å². The van der Waals surface area contributed by atoms with Crippen LogP contribution in [0.25, 0.3) is 0 Å². The molecule has 0 aliphatic carbocycles. The van der Waals surface area contributed by atoms with E-state index in [1.165, 1.54) is 0 Å². The number of benzene rings is 2. The van der Waals surface area contributed by atoms with E-state index < -0.39 is 0 Å². The van der Waals surface area contributed by atoms with Crippen molar-refractivity contribution < 1.29 is 9.47 Å². The molecule has 0 fully saturated rings. The second-order valence-corrected chi connectivity index (χ2v) is 5.20. The first-order valence-electron chi connectivity index (χ1n) is 5.06. The highest BCUT2D eigenvalue weighted by atomic mass is 79.9. The molecule has 0 amide bonds. The third-order valence-corrected chi connectivity index (χ3v) is 3.33. The van der Waals surface area contributed by atoms with Gasteiger partial charge < -0.3 is 9.47 Å². The smallest absolute Gasteiger partial charge is 0.146 e. The summed E-state index contributed by atoms with van der Waals surface area (Å²) in [4.78, 5) is 0. The summed E-state index contributed by atoms with van der Waals surface area (Å²) in [6.45, 7) is 0. The summed E-state index contributed by atoms with van der Waals surface area (Å²) in [5.74, 6) is 1.78. The minimum Gasteiger partial charge on any atom is -0.495 e. The van der Waals surface area contributed by atoms with E-state index in [4.69, 9.17) is 32.7 Å². The first-order valence-corrected chi connectivity index (χ1v) is 6.61. The molecule has 0 saturated carbocycles. The van der Waals surface area contributed by atoms with Crippen molar-refractivity contribution in [2.75, 3.05) is 7.11 Å². The Kier molecular flexibility index (Phi) is 4.38.